The zero-order valence-electron chi connectivity index (χ0n) is 17.9. The van der Waals surface area contributed by atoms with Crippen LogP contribution in [-0.2, 0) is 46.9 Å². The van der Waals surface area contributed by atoms with Crippen molar-refractivity contribution in [3.05, 3.63) is 47.5 Å². The number of methoxy groups -OCH3 is 2. The third kappa shape index (κ3) is 8.67. The zero-order valence-corrected chi connectivity index (χ0v) is 20.5. The molecular weight excluding hydrogens is 483 g/mol. The lowest BCUT2D eigenvalue weighted by Crippen LogP contribution is -2.10. The third-order valence-corrected chi connectivity index (χ3v) is 5.83. The first-order valence-electron chi connectivity index (χ1n) is 8.99. The van der Waals surface area contributed by atoms with Crippen LogP contribution in [0.3, 0.4) is 0 Å². The van der Waals surface area contributed by atoms with Crippen LogP contribution in [0.2, 0.25) is 0 Å². The number of hydrogen-bond donors (Lipinski definition) is 2. The summed E-state index contributed by atoms with van der Waals surface area (Å²) in [5.74, 6) is 0.833. The van der Waals surface area contributed by atoms with Gasteiger partial charge in [0, 0.05) is 22.5 Å². The monoisotopic (exact) mass is 508 g/mol. The van der Waals surface area contributed by atoms with E-state index in [0.29, 0.717) is 34.0 Å². The normalized spacial score (nSPS) is 11.9. The van der Waals surface area contributed by atoms with E-state index in [-0.39, 0.29) is 13.2 Å². The zero-order chi connectivity index (χ0) is 23.9. The number of ether oxygens (including phenoxy) is 2. The summed E-state index contributed by atoms with van der Waals surface area (Å²) in [7, 11) is -7.04. The lowest BCUT2D eigenvalue weighted by molar-refractivity contribution is 0.209. The Morgan fingerprint density at radius 2 is 1.12 bits per heavy atom. The van der Waals surface area contributed by atoms with Gasteiger partial charge >= 0.3 is 8.25 Å². The highest BCUT2D eigenvalue weighted by atomic mass is 32.2. The molecule has 2 aromatic rings. The molecule has 2 aromatic carbocycles. The molecule has 178 valence electrons. The lowest BCUT2D eigenvalue weighted by Gasteiger charge is -2.13. The van der Waals surface area contributed by atoms with Gasteiger partial charge < -0.3 is 18.5 Å². The van der Waals surface area contributed by atoms with Crippen LogP contribution in [0.25, 0.3) is 0 Å². The molecule has 14 heteroatoms. The van der Waals surface area contributed by atoms with Crippen LogP contribution < -0.4 is 18.9 Å². The maximum atomic E-state index is 12.3. The number of rotatable bonds is 12. The molecule has 0 fully saturated rings. The largest absolute Gasteiger partial charge is 0.496 e. The van der Waals surface area contributed by atoms with Crippen molar-refractivity contribution in [1.29, 1.82) is 0 Å². The van der Waals surface area contributed by atoms with Gasteiger partial charge in [-0.25, -0.2) is 16.8 Å². The van der Waals surface area contributed by atoms with Crippen molar-refractivity contribution in [1.82, 2.24) is 0 Å². The highest BCUT2D eigenvalue weighted by Gasteiger charge is 2.12. The van der Waals surface area contributed by atoms with Gasteiger partial charge in [-0.15, -0.1) is 0 Å². The lowest BCUT2D eigenvalue weighted by atomic mass is 10.2. The van der Waals surface area contributed by atoms with E-state index >= 15 is 0 Å². The van der Waals surface area contributed by atoms with Crippen molar-refractivity contribution < 1.29 is 39.9 Å². The first-order chi connectivity index (χ1) is 14.9. The van der Waals surface area contributed by atoms with Gasteiger partial charge in [-0.3, -0.25) is 14.0 Å². The number of nitrogens with one attached hydrogen (secondary N) is 2. The van der Waals surface area contributed by atoms with Crippen LogP contribution in [0.4, 0.5) is 11.4 Å². The Kier molecular flexibility index (Phi) is 8.93. The summed E-state index contributed by atoms with van der Waals surface area (Å²) in [5.41, 5.74) is 1.51. The van der Waals surface area contributed by atoms with Crippen LogP contribution in [-0.4, -0.2) is 43.6 Å². The number of anilines is 2. The predicted octanol–water partition coefficient (Wildman–Crippen LogP) is 2.57. The maximum Gasteiger partial charge on any atom is 0.319 e. The molecule has 0 unspecified atom stereocenters. The van der Waals surface area contributed by atoms with E-state index in [1.807, 2.05) is 0 Å². The summed E-state index contributed by atoms with van der Waals surface area (Å²) in [4.78, 5) is 0. The van der Waals surface area contributed by atoms with Gasteiger partial charge in [0.25, 0.3) is 0 Å². The summed E-state index contributed by atoms with van der Waals surface area (Å²) in [6.45, 7) is -0.319. The fourth-order valence-electron chi connectivity index (χ4n) is 2.65. The second-order valence-electron chi connectivity index (χ2n) is 6.63. The second-order valence-corrected chi connectivity index (χ2v) is 11.2. The van der Waals surface area contributed by atoms with E-state index in [0.717, 1.165) is 12.5 Å². The van der Waals surface area contributed by atoms with Crippen molar-refractivity contribution >= 4 is 39.7 Å². The van der Waals surface area contributed by atoms with E-state index in [1.165, 1.54) is 38.5 Å². The van der Waals surface area contributed by atoms with Crippen molar-refractivity contribution in [3.63, 3.8) is 0 Å². The van der Waals surface area contributed by atoms with Crippen LogP contribution in [0.5, 0.6) is 11.5 Å². The average molecular weight is 509 g/mol. The summed E-state index contributed by atoms with van der Waals surface area (Å²) in [5, 5.41) is 0. The molecule has 0 aliphatic rings. The van der Waals surface area contributed by atoms with Crippen LogP contribution >= 0.6 is 8.25 Å². The van der Waals surface area contributed by atoms with Gasteiger partial charge in [-0.05, 0) is 36.4 Å². The van der Waals surface area contributed by atoms with Gasteiger partial charge in [0.1, 0.15) is 11.5 Å². The Hall–Kier alpha value is -2.31. The molecule has 0 heterocycles. The fourth-order valence-corrected chi connectivity index (χ4v) is 4.39. The van der Waals surface area contributed by atoms with Gasteiger partial charge in [0.15, 0.2) is 0 Å². The van der Waals surface area contributed by atoms with Gasteiger partial charge in [0.2, 0.25) is 20.0 Å². The molecule has 0 radical (unpaired) electrons. The number of hydrogen-bond acceptors (Lipinski definition) is 9. The Morgan fingerprint density at radius 3 is 1.44 bits per heavy atom. The van der Waals surface area contributed by atoms with Crippen molar-refractivity contribution in [2.45, 2.75) is 13.2 Å². The summed E-state index contributed by atoms with van der Waals surface area (Å²) in [6.07, 6.45) is 2.05. The average Bonchev–Trinajstić information content (AvgIpc) is 2.68. The fraction of sp³-hybridized carbons (Fsp3) is 0.333. The molecule has 32 heavy (non-hydrogen) atoms. The van der Waals surface area contributed by atoms with E-state index in [4.69, 9.17) is 18.5 Å². The van der Waals surface area contributed by atoms with Crippen LogP contribution in [0.1, 0.15) is 11.1 Å². The summed E-state index contributed by atoms with van der Waals surface area (Å²) >= 11 is 0. The molecule has 0 saturated carbocycles. The minimum atomic E-state index is -3.47. The SMILES string of the molecule is COc1ccc(NS(C)(=O)=O)cc1CO[PH](=O)OCc1cc(NS(C)(=O)=O)ccc1OC. The van der Waals surface area contributed by atoms with Gasteiger partial charge in [0.05, 0.1) is 39.9 Å². The van der Waals surface area contributed by atoms with E-state index in [2.05, 4.69) is 9.44 Å². The minimum Gasteiger partial charge on any atom is -0.496 e. The molecule has 0 aliphatic heterocycles. The van der Waals surface area contributed by atoms with E-state index in [1.54, 1.807) is 12.1 Å². The number of sulfonamides is 2. The molecule has 11 nitrogen and oxygen atoms in total. The molecule has 0 bridgehead atoms. The molecule has 0 saturated heterocycles. The quantitative estimate of drug-likeness (QED) is 0.413. The second kappa shape index (κ2) is 11.0. The molecule has 0 aromatic heterocycles. The van der Waals surface area contributed by atoms with Crippen molar-refractivity contribution in [2.75, 3.05) is 36.2 Å². The topological polar surface area (TPSA) is 146 Å². The van der Waals surface area contributed by atoms with Crippen LogP contribution in [0.15, 0.2) is 36.4 Å². The summed E-state index contributed by atoms with van der Waals surface area (Å²) < 4.78 is 83.6. The Labute approximate surface area is 188 Å². The highest BCUT2D eigenvalue weighted by Crippen LogP contribution is 2.33. The molecule has 0 aliphatic carbocycles. The minimum absolute atomic E-state index is 0.160. The number of benzene rings is 2. The van der Waals surface area contributed by atoms with Gasteiger partial charge in [-0.1, -0.05) is 0 Å². The first kappa shape index (κ1) is 25.9. The molecule has 0 spiro atoms. The predicted molar refractivity (Wildman–Crippen MR) is 122 cm³/mol. The van der Waals surface area contributed by atoms with E-state index in [9.17, 15) is 21.4 Å². The molecule has 0 atom stereocenters. The smallest absolute Gasteiger partial charge is 0.319 e. The van der Waals surface area contributed by atoms with Crippen LogP contribution in [0, 0.1) is 0 Å². The standard InChI is InChI=1S/C18H25N2O9PS2/c1-26-17-7-5-15(19-31(3,22)23)9-13(17)11-28-30(21)29-12-14-10-16(20-32(4,24)25)6-8-18(14)27-2/h5-10,19-20,30H,11-12H2,1-4H3. The highest BCUT2D eigenvalue weighted by molar-refractivity contribution is 7.92. The van der Waals surface area contributed by atoms with Crippen molar-refractivity contribution in [2.24, 2.45) is 0 Å². The first-order valence-corrected chi connectivity index (χ1v) is 14.0. The van der Waals surface area contributed by atoms with Gasteiger partial charge in [-0.2, -0.15) is 0 Å². The van der Waals surface area contributed by atoms with Crippen molar-refractivity contribution in [3.8, 4) is 11.5 Å². The third-order valence-electron chi connectivity index (χ3n) is 3.86. The summed E-state index contributed by atoms with van der Waals surface area (Å²) in [6, 6.07) is 9.14. The molecular formula is C18H25N2O9PS2. The Morgan fingerprint density at radius 1 is 0.750 bits per heavy atom. The Balaban J connectivity index is 2.05. The molecule has 2 rings (SSSR count). The maximum absolute atomic E-state index is 12.3. The molecule has 0 amide bonds. The Bertz CT molecular complexity index is 1090. The molecule has 2 N–H and O–H groups in total. The van der Waals surface area contributed by atoms with E-state index < -0.39 is 28.3 Å².